The Morgan fingerprint density at radius 2 is 2.20 bits per heavy atom. The second-order valence-corrected chi connectivity index (χ2v) is 4.16. The van der Waals surface area contributed by atoms with Gasteiger partial charge in [0.2, 0.25) is 12.7 Å². The van der Waals surface area contributed by atoms with Crippen LogP contribution in [-0.2, 0) is 4.79 Å². The van der Waals surface area contributed by atoms with Crippen molar-refractivity contribution >= 4 is 18.5 Å². The van der Waals surface area contributed by atoms with E-state index in [1.807, 2.05) is 6.07 Å². The molecule has 1 amide bonds. The summed E-state index contributed by atoms with van der Waals surface area (Å²) in [5.41, 5.74) is 0.771. The first-order valence-electron chi connectivity index (χ1n) is 6.01. The number of hydrogen-bond acceptors (Lipinski definition) is 5. The number of rotatable bonds is 4. The fraction of sp³-hybridized carbons (Fsp3) is 0.308. The van der Waals surface area contributed by atoms with Crippen LogP contribution in [0.4, 0.5) is 0 Å². The molecule has 2 rings (SSSR count). The zero-order valence-electron chi connectivity index (χ0n) is 11.4. The van der Waals surface area contributed by atoms with Gasteiger partial charge in [0.05, 0.1) is 6.54 Å². The standard InChI is InChI=1S/C13H16N4O3/c1-14-12(18)7-17(3)13(16-15-2)9-4-5-10-11(6-9)20-8-19-10/h4-6H,2,7-8H2,1,3H3,(H,14,18)/b16-13-. The van der Waals surface area contributed by atoms with Gasteiger partial charge >= 0.3 is 0 Å². The minimum absolute atomic E-state index is 0.120. The van der Waals surface area contributed by atoms with Crippen LogP contribution >= 0.6 is 0 Å². The summed E-state index contributed by atoms with van der Waals surface area (Å²) in [6, 6.07) is 5.43. The van der Waals surface area contributed by atoms with Crippen LogP contribution in [0.5, 0.6) is 11.5 Å². The molecule has 1 heterocycles. The van der Waals surface area contributed by atoms with Crippen LogP contribution < -0.4 is 14.8 Å². The van der Waals surface area contributed by atoms with E-state index in [2.05, 4.69) is 22.2 Å². The van der Waals surface area contributed by atoms with Crippen LogP contribution in [0, 0.1) is 0 Å². The molecule has 1 N–H and O–H groups in total. The number of likely N-dealkylation sites (N-methyl/N-ethyl adjacent to an activating group) is 2. The zero-order valence-corrected chi connectivity index (χ0v) is 11.4. The van der Waals surface area contributed by atoms with Crippen molar-refractivity contribution in [2.24, 2.45) is 10.2 Å². The fourth-order valence-electron chi connectivity index (χ4n) is 1.83. The quantitative estimate of drug-likeness (QED) is 0.492. The van der Waals surface area contributed by atoms with Gasteiger partial charge in [-0.2, -0.15) is 5.10 Å². The molecule has 0 spiro atoms. The maximum atomic E-state index is 11.5. The number of amidine groups is 1. The molecule has 1 aliphatic heterocycles. The van der Waals surface area contributed by atoms with E-state index in [1.165, 1.54) is 0 Å². The van der Waals surface area contributed by atoms with Crippen molar-refractivity contribution < 1.29 is 14.3 Å². The smallest absolute Gasteiger partial charge is 0.239 e. The minimum Gasteiger partial charge on any atom is -0.454 e. The van der Waals surface area contributed by atoms with Gasteiger partial charge in [0.15, 0.2) is 17.3 Å². The maximum Gasteiger partial charge on any atom is 0.239 e. The molecule has 0 fully saturated rings. The highest BCUT2D eigenvalue weighted by atomic mass is 16.7. The molecule has 0 unspecified atom stereocenters. The van der Waals surface area contributed by atoms with Crippen LogP contribution in [0.3, 0.4) is 0 Å². The van der Waals surface area contributed by atoms with Gasteiger partial charge in [-0.3, -0.25) is 4.79 Å². The molecule has 0 saturated heterocycles. The Balaban J connectivity index is 2.27. The predicted molar refractivity (Wildman–Crippen MR) is 75.3 cm³/mol. The van der Waals surface area contributed by atoms with E-state index < -0.39 is 0 Å². The number of benzene rings is 1. The van der Waals surface area contributed by atoms with E-state index in [4.69, 9.17) is 9.47 Å². The molecule has 0 aliphatic carbocycles. The summed E-state index contributed by atoms with van der Waals surface area (Å²) < 4.78 is 10.6. The number of carbonyl (C=O) groups excluding carboxylic acids is 1. The first kappa shape index (κ1) is 13.9. The Bertz CT molecular complexity index is 557. The highest BCUT2D eigenvalue weighted by molar-refractivity contribution is 6.00. The second-order valence-electron chi connectivity index (χ2n) is 4.16. The summed E-state index contributed by atoms with van der Waals surface area (Å²) in [5.74, 6) is 1.74. The molecule has 0 saturated carbocycles. The molecule has 20 heavy (non-hydrogen) atoms. The lowest BCUT2D eigenvalue weighted by atomic mass is 10.1. The Hall–Kier alpha value is -2.57. The lowest BCUT2D eigenvalue weighted by Gasteiger charge is -2.19. The van der Waals surface area contributed by atoms with Crippen LogP contribution in [0.25, 0.3) is 0 Å². The molecule has 0 radical (unpaired) electrons. The predicted octanol–water partition coefficient (Wildman–Crippen LogP) is 0.455. The first-order chi connectivity index (χ1) is 9.65. The molecule has 1 aliphatic rings. The molecule has 0 aromatic heterocycles. The summed E-state index contributed by atoms with van der Waals surface area (Å²) >= 11 is 0. The Morgan fingerprint density at radius 1 is 1.45 bits per heavy atom. The van der Waals surface area contributed by atoms with Crippen molar-refractivity contribution in [3.63, 3.8) is 0 Å². The lowest BCUT2D eigenvalue weighted by Crippen LogP contribution is -2.37. The van der Waals surface area contributed by atoms with Crippen molar-refractivity contribution in [2.75, 3.05) is 27.4 Å². The van der Waals surface area contributed by atoms with Gasteiger partial charge in [0.1, 0.15) is 0 Å². The van der Waals surface area contributed by atoms with Crippen molar-refractivity contribution in [3.8, 4) is 11.5 Å². The number of nitrogens with zero attached hydrogens (tertiary/aromatic N) is 3. The number of carbonyl (C=O) groups is 1. The molecule has 7 heteroatoms. The summed E-state index contributed by atoms with van der Waals surface area (Å²) in [7, 11) is 3.34. The molecular weight excluding hydrogens is 260 g/mol. The van der Waals surface area contributed by atoms with E-state index in [-0.39, 0.29) is 19.2 Å². The third-order valence-electron chi connectivity index (χ3n) is 2.82. The minimum atomic E-state index is -0.120. The summed E-state index contributed by atoms with van der Waals surface area (Å²) in [5, 5.41) is 10.1. The van der Waals surface area contributed by atoms with Gasteiger partial charge in [-0.1, -0.05) is 0 Å². The molecule has 1 aromatic carbocycles. The SMILES string of the molecule is C=N/N=C(/c1ccc2c(c1)OCO2)N(C)CC(=O)NC. The average molecular weight is 276 g/mol. The van der Waals surface area contributed by atoms with E-state index in [0.717, 1.165) is 5.56 Å². The van der Waals surface area contributed by atoms with E-state index in [9.17, 15) is 4.79 Å². The topological polar surface area (TPSA) is 75.5 Å². The highest BCUT2D eigenvalue weighted by Crippen LogP contribution is 2.32. The van der Waals surface area contributed by atoms with E-state index in [1.54, 1.807) is 31.1 Å². The molecule has 7 nitrogen and oxygen atoms in total. The second kappa shape index (κ2) is 6.05. The monoisotopic (exact) mass is 276 g/mol. The van der Waals surface area contributed by atoms with Crippen molar-refractivity contribution in [1.82, 2.24) is 10.2 Å². The number of amides is 1. The van der Waals surface area contributed by atoms with Gasteiger partial charge in [-0.05, 0) is 18.2 Å². The van der Waals surface area contributed by atoms with Gasteiger partial charge in [-0.25, -0.2) is 0 Å². The normalized spacial score (nSPS) is 13.0. The van der Waals surface area contributed by atoms with Crippen LogP contribution in [0.2, 0.25) is 0 Å². The zero-order chi connectivity index (χ0) is 14.5. The summed E-state index contributed by atoms with van der Waals surface area (Å²) in [6.07, 6.45) is 0. The number of ether oxygens (including phenoxy) is 2. The molecular formula is C13H16N4O3. The van der Waals surface area contributed by atoms with Gasteiger partial charge in [-0.15, -0.1) is 5.10 Å². The Morgan fingerprint density at radius 3 is 2.90 bits per heavy atom. The molecule has 1 aromatic rings. The summed E-state index contributed by atoms with van der Waals surface area (Å²) in [4.78, 5) is 13.1. The lowest BCUT2D eigenvalue weighted by molar-refractivity contribution is -0.120. The molecule has 106 valence electrons. The van der Waals surface area contributed by atoms with Crippen LogP contribution in [-0.4, -0.2) is 50.8 Å². The van der Waals surface area contributed by atoms with Gasteiger partial charge < -0.3 is 19.7 Å². The Labute approximate surface area is 116 Å². The number of nitrogens with one attached hydrogen (secondary N) is 1. The highest BCUT2D eigenvalue weighted by Gasteiger charge is 2.18. The first-order valence-corrected chi connectivity index (χ1v) is 6.01. The van der Waals surface area contributed by atoms with Crippen LogP contribution in [0.1, 0.15) is 5.56 Å². The fourth-order valence-corrected chi connectivity index (χ4v) is 1.83. The van der Waals surface area contributed by atoms with Crippen molar-refractivity contribution in [3.05, 3.63) is 23.8 Å². The van der Waals surface area contributed by atoms with Crippen molar-refractivity contribution in [2.45, 2.75) is 0 Å². The average Bonchev–Trinajstić information content (AvgIpc) is 2.91. The van der Waals surface area contributed by atoms with E-state index >= 15 is 0 Å². The largest absolute Gasteiger partial charge is 0.454 e. The van der Waals surface area contributed by atoms with E-state index in [0.29, 0.717) is 17.3 Å². The third kappa shape index (κ3) is 2.87. The maximum absolute atomic E-state index is 11.5. The third-order valence-corrected chi connectivity index (χ3v) is 2.82. The Kier molecular flexibility index (Phi) is 4.19. The van der Waals surface area contributed by atoms with Crippen LogP contribution in [0.15, 0.2) is 28.4 Å². The number of hydrogen-bond donors (Lipinski definition) is 1. The van der Waals surface area contributed by atoms with Gasteiger partial charge in [0.25, 0.3) is 0 Å². The van der Waals surface area contributed by atoms with Gasteiger partial charge in [0, 0.05) is 26.4 Å². The summed E-state index contributed by atoms with van der Waals surface area (Å²) in [6.45, 7) is 3.73. The number of fused-ring (bicyclic) bond motifs is 1. The molecule has 0 bridgehead atoms. The van der Waals surface area contributed by atoms with Crippen molar-refractivity contribution in [1.29, 1.82) is 0 Å². The molecule has 0 atom stereocenters.